The highest BCUT2D eigenvalue weighted by Crippen LogP contribution is 2.37. The average molecular weight is 279 g/mol. The monoisotopic (exact) mass is 279 g/mol. The summed E-state index contributed by atoms with van der Waals surface area (Å²) in [6.07, 6.45) is 14.1. The molecule has 0 unspecified atom stereocenters. The second-order valence-corrected chi connectivity index (χ2v) is 7.63. The molecule has 2 nitrogen and oxygen atoms in total. The molecule has 116 valence electrons. The van der Waals surface area contributed by atoms with Gasteiger partial charge in [-0.2, -0.15) is 0 Å². The average Bonchev–Trinajstić information content (AvgIpc) is 2.98. The Bertz CT molecular complexity index is 288. The molecule has 0 aromatic heterocycles. The van der Waals surface area contributed by atoms with Gasteiger partial charge in [0.15, 0.2) is 0 Å². The highest BCUT2D eigenvalue weighted by molar-refractivity contribution is 5.60. The molecule has 0 bridgehead atoms. The van der Waals surface area contributed by atoms with Crippen LogP contribution in [0.25, 0.3) is 0 Å². The Labute approximate surface area is 125 Å². The molecule has 0 aromatic carbocycles. The van der Waals surface area contributed by atoms with E-state index in [1.807, 2.05) is 0 Å². The fraction of sp³-hybridized carbons (Fsp3) is 0.944. The maximum absolute atomic E-state index is 11.7. The van der Waals surface area contributed by atoms with E-state index in [1.54, 1.807) is 0 Å². The predicted molar refractivity (Wildman–Crippen MR) is 84.9 cm³/mol. The molecule has 2 rings (SSSR count). The molecule has 0 saturated heterocycles. The van der Waals surface area contributed by atoms with Crippen LogP contribution in [0.1, 0.15) is 78.1 Å². The van der Waals surface area contributed by atoms with E-state index in [0.717, 1.165) is 31.3 Å². The van der Waals surface area contributed by atoms with Gasteiger partial charge in [0.1, 0.15) is 6.29 Å². The smallest absolute Gasteiger partial charge is 0.127 e. The summed E-state index contributed by atoms with van der Waals surface area (Å²) in [4.78, 5) is 14.4. The number of carbonyl (C=O) groups is 1. The van der Waals surface area contributed by atoms with Gasteiger partial charge in [0.25, 0.3) is 0 Å². The van der Waals surface area contributed by atoms with Gasteiger partial charge in [-0.1, -0.05) is 46.0 Å². The van der Waals surface area contributed by atoms with Gasteiger partial charge in [0.2, 0.25) is 0 Å². The van der Waals surface area contributed by atoms with Crippen molar-refractivity contribution in [2.24, 2.45) is 11.3 Å². The Morgan fingerprint density at radius 1 is 1.10 bits per heavy atom. The van der Waals surface area contributed by atoms with E-state index < -0.39 is 0 Å². The lowest BCUT2D eigenvalue weighted by Gasteiger charge is -2.40. The first-order valence-corrected chi connectivity index (χ1v) is 8.86. The van der Waals surface area contributed by atoms with Crippen LogP contribution in [0.15, 0.2) is 0 Å². The van der Waals surface area contributed by atoms with Crippen LogP contribution in [0.3, 0.4) is 0 Å². The van der Waals surface area contributed by atoms with Gasteiger partial charge in [-0.25, -0.2) is 0 Å². The fourth-order valence-electron chi connectivity index (χ4n) is 4.06. The van der Waals surface area contributed by atoms with Crippen LogP contribution in [0.4, 0.5) is 0 Å². The van der Waals surface area contributed by atoms with Gasteiger partial charge >= 0.3 is 0 Å². The zero-order valence-corrected chi connectivity index (χ0v) is 13.6. The molecule has 2 fully saturated rings. The molecule has 0 aliphatic heterocycles. The van der Waals surface area contributed by atoms with Gasteiger partial charge in [0.05, 0.1) is 0 Å². The Morgan fingerprint density at radius 2 is 1.75 bits per heavy atom. The summed E-state index contributed by atoms with van der Waals surface area (Å²) in [6, 6.07) is 0.757. The topological polar surface area (TPSA) is 20.3 Å². The standard InChI is InChI=1S/C18H33NO/c1-16(2)10-13-19(17-8-4-5-9-17)14-18(15-20)11-6-3-7-12-18/h15-17H,3-14H2,1-2H3. The first-order valence-electron chi connectivity index (χ1n) is 8.86. The summed E-state index contributed by atoms with van der Waals surface area (Å²) in [6.45, 7) is 6.84. The SMILES string of the molecule is CC(C)CCN(CC1(C=O)CCCCC1)C1CCCC1. The van der Waals surface area contributed by atoms with Crippen molar-refractivity contribution in [2.45, 2.75) is 84.1 Å². The summed E-state index contributed by atoms with van der Waals surface area (Å²) < 4.78 is 0. The molecule has 0 N–H and O–H groups in total. The lowest BCUT2D eigenvalue weighted by atomic mass is 9.74. The van der Waals surface area contributed by atoms with E-state index in [0.29, 0.717) is 0 Å². The van der Waals surface area contributed by atoms with E-state index in [2.05, 4.69) is 18.7 Å². The summed E-state index contributed by atoms with van der Waals surface area (Å²) in [7, 11) is 0. The summed E-state index contributed by atoms with van der Waals surface area (Å²) >= 11 is 0. The van der Waals surface area contributed by atoms with Crippen LogP contribution < -0.4 is 0 Å². The van der Waals surface area contributed by atoms with Crippen molar-refractivity contribution in [1.82, 2.24) is 4.90 Å². The number of aldehydes is 1. The Balaban J connectivity index is 1.98. The minimum Gasteiger partial charge on any atom is -0.303 e. The maximum atomic E-state index is 11.7. The highest BCUT2D eigenvalue weighted by Gasteiger charge is 2.36. The molecule has 20 heavy (non-hydrogen) atoms. The largest absolute Gasteiger partial charge is 0.303 e. The van der Waals surface area contributed by atoms with Crippen LogP contribution in [0.5, 0.6) is 0 Å². The molecule has 0 spiro atoms. The zero-order chi connectivity index (χ0) is 14.4. The lowest BCUT2D eigenvalue weighted by Crippen LogP contribution is -2.45. The number of carbonyl (C=O) groups excluding carboxylic acids is 1. The number of rotatable bonds is 7. The van der Waals surface area contributed by atoms with Crippen molar-refractivity contribution >= 4 is 6.29 Å². The van der Waals surface area contributed by atoms with Gasteiger partial charge in [0, 0.05) is 18.0 Å². The van der Waals surface area contributed by atoms with Crippen molar-refractivity contribution in [3.63, 3.8) is 0 Å². The molecular weight excluding hydrogens is 246 g/mol. The third-order valence-corrected chi connectivity index (χ3v) is 5.45. The predicted octanol–water partition coefficient (Wildman–Crippen LogP) is 4.43. The van der Waals surface area contributed by atoms with E-state index in [9.17, 15) is 4.79 Å². The minimum absolute atomic E-state index is 0.0161. The fourth-order valence-corrected chi connectivity index (χ4v) is 4.06. The number of nitrogens with zero attached hydrogens (tertiary/aromatic N) is 1. The lowest BCUT2D eigenvalue weighted by molar-refractivity contribution is -0.119. The van der Waals surface area contributed by atoms with Crippen LogP contribution in [0, 0.1) is 11.3 Å². The number of hydrogen-bond acceptors (Lipinski definition) is 2. The van der Waals surface area contributed by atoms with Crippen LogP contribution in [-0.2, 0) is 4.79 Å². The van der Waals surface area contributed by atoms with Crippen molar-refractivity contribution < 1.29 is 4.79 Å². The second kappa shape index (κ2) is 7.59. The van der Waals surface area contributed by atoms with E-state index >= 15 is 0 Å². The first kappa shape index (κ1) is 16.0. The maximum Gasteiger partial charge on any atom is 0.127 e. The van der Waals surface area contributed by atoms with Crippen LogP contribution >= 0.6 is 0 Å². The Hall–Kier alpha value is -0.370. The third-order valence-electron chi connectivity index (χ3n) is 5.45. The minimum atomic E-state index is -0.0161. The Morgan fingerprint density at radius 3 is 2.30 bits per heavy atom. The molecule has 2 aliphatic rings. The Kier molecular flexibility index (Phi) is 6.07. The van der Waals surface area contributed by atoms with E-state index in [-0.39, 0.29) is 5.41 Å². The molecule has 0 aromatic rings. The molecule has 0 atom stereocenters. The van der Waals surface area contributed by atoms with Gasteiger partial charge in [-0.05, 0) is 44.6 Å². The normalized spacial score (nSPS) is 23.6. The van der Waals surface area contributed by atoms with Crippen molar-refractivity contribution in [1.29, 1.82) is 0 Å². The van der Waals surface area contributed by atoms with Crippen LogP contribution in [0.2, 0.25) is 0 Å². The van der Waals surface area contributed by atoms with Gasteiger partial charge in [-0.3, -0.25) is 4.90 Å². The van der Waals surface area contributed by atoms with Gasteiger partial charge < -0.3 is 4.79 Å². The number of hydrogen-bond donors (Lipinski definition) is 0. The summed E-state index contributed by atoms with van der Waals surface area (Å²) in [5.74, 6) is 0.762. The second-order valence-electron chi connectivity index (χ2n) is 7.63. The van der Waals surface area contributed by atoms with Gasteiger partial charge in [-0.15, -0.1) is 0 Å². The highest BCUT2D eigenvalue weighted by atomic mass is 16.1. The zero-order valence-electron chi connectivity index (χ0n) is 13.6. The quantitative estimate of drug-likeness (QED) is 0.643. The molecule has 2 saturated carbocycles. The molecule has 0 heterocycles. The molecule has 2 aliphatic carbocycles. The summed E-state index contributed by atoms with van der Waals surface area (Å²) in [5.41, 5.74) is -0.0161. The molecule has 0 radical (unpaired) electrons. The summed E-state index contributed by atoms with van der Waals surface area (Å²) in [5, 5.41) is 0. The molecule has 2 heteroatoms. The third kappa shape index (κ3) is 4.31. The van der Waals surface area contributed by atoms with Crippen molar-refractivity contribution in [2.75, 3.05) is 13.1 Å². The van der Waals surface area contributed by atoms with Crippen molar-refractivity contribution in [3.8, 4) is 0 Å². The van der Waals surface area contributed by atoms with E-state index in [1.165, 1.54) is 64.2 Å². The van der Waals surface area contributed by atoms with Crippen molar-refractivity contribution in [3.05, 3.63) is 0 Å². The first-order chi connectivity index (χ1) is 9.65. The molecule has 0 amide bonds. The molecular formula is C18H33NO. The van der Waals surface area contributed by atoms with Crippen LogP contribution in [-0.4, -0.2) is 30.3 Å². The van der Waals surface area contributed by atoms with E-state index in [4.69, 9.17) is 0 Å².